The number of hydrogen-bond acceptors (Lipinski definition) is 5. The minimum atomic E-state index is -0.581. The quantitative estimate of drug-likeness (QED) is 0.603. The summed E-state index contributed by atoms with van der Waals surface area (Å²) in [5.74, 6) is -0.410. The van der Waals surface area contributed by atoms with Gasteiger partial charge in [0.1, 0.15) is 6.04 Å². The number of cyclic esters (lactones) is 1. The lowest BCUT2D eigenvalue weighted by atomic mass is 10.2. The molecule has 0 aromatic rings. The molecule has 1 amide bonds. The Labute approximate surface area is 81.7 Å². The lowest BCUT2D eigenvalue weighted by Gasteiger charge is -2.17. The van der Waals surface area contributed by atoms with Crippen LogP contribution < -0.4 is 0 Å². The largest absolute Gasteiger partial charge is 0.453 e. The van der Waals surface area contributed by atoms with Crippen LogP contribution in [0.1, 0.15) is 6.42 Å². The molecule has 0 spiro atoms. The summed E-state index contributed by atoms with van der Waals surface area (Å²) in [6.07, 6.45) is -0.137. The number of carbonyl (C=O) groups is 2. The molecule has 6 nitrogen and oxygen atoms in total. The Morgan fingerprint density at radius 2 is 2.36 bits per heavy atom. The predicted octanol–water partition coefficient (Wildman–Crippen LogP) is -0.0258. The minimum Gasteiger partial charge on any atom is -0.453 e. The first kappa shape index (κ1) is 10.8. The first-order chi connectivity index (χ1) is 6.70. The van der Waals surface area contributed by atoms with Crippen molar-refractivity contribution < 1.29 is 23.8 Å². The van der Waals surface area contributed by atoms with E-state index in [9.17, 15) is 9.59 Å². The van der Waals surface area contributed by atoms with Gasteiger partial charge in [0.2, 0.25) is 0 Å². The maximum atomic E-state index is 11.2. The summed E-state index contributed by atoms with van der Waals surface area (Å²) in [5.41, 5.74) is 0. The van der Waals surface area contributed by atoms with E-state index in [1.807, 2.05) is 0 Å². The smallest absolute Gasteiger partial charge is 0.412 e. The van der Waals surface area contributed by atoms with Crippen molar-refractivity contribution in [1.29, 1.82) is 0 Å². The summed E-state index contributed by atoms with van der Waals surface area (Å²) in [4.78, 5) is 23.6. The van der Waals surface area contributed by atoms with E-state index >= 15 is 0 Å². The average molecular weight is 203 g/mol. The summed E-state index contributed by atoms with van der Waals surface area (Å²) < 4.78 is 14.1. The van der Waals surface area contributed by atoms with Gasteiger partial charge in [-0.15, -0.1) is 0 Å². The fourth-order valence-electron chi connectivity index (χ4n) is 1.25. The second-order valence-electron chi connectivity index (χ2n) is 2.83. The van der Waals surface area contributed by atoms with Crippen LogP contribution in [0.5, 0.6) is 0 Å². The molecule has 1 atom stereocenters. The van der Waals surface area contributed by atoms with Crippen LogP contribution in [0.25, 0.3) is 0 Å². The van der Waals surface area contributed by atoms with Gasteiger partial charge in [0.25, 0.3) is 0 Å². The highest BCUT2D eigenvalue weighted by molar-refractivity contribution is 5.83. The lowest BCUT2D eigenvalue weighted by molar-refractivity contribution is -0.139. The topological polar surface area (TPSA) is 65.1 Å². The Bertz CT molecular complexity index is 230. The first-order valence-corrected chi connectivity index (χ1v) is 4.21. The van der Waals surface area contributed by atoms with E-state index in [-0.39, 0.29) is 6.73 Å². The number of amides is 1. The van der Waals surface area contributed by atoms with Gasteiger partial charge >= 0.3 is 12.1 Å². The van der Waals surface area contributed by atoms with Crippen LogP contribution in [0.3, 0.4) is 0 Å². The normalized spacial score (nSPS) is 20.9. The van der Waals surface area contributed by atoms with Crippen molar-refractivity contribution in [2.75, 3.05) is 27.6 Å². The number of esters is 1. The zero-order valence-corrected chi connectivity index (χ0v) is 8.19. The molecule has 1 fully saturated rings. The Hall–Kier alpha value is -1.30. The van der Waals surface area contributed by atoms with Crippen LogP contribution in [-0.4, -0.2) is 50.6 Å². The molecule has 80 valence electrons. The van der Waals surface area contributed by atoms with E-state index in [0.717, 1.165) is 0 Å². The van der Waals surface area contributed by atoms with E-state index < -0.39 is 18.1 Å². The molecule has 1 aliphatic heterocycles. The van der Waals surface area contributed by atoms with Crippen LogP contribution in [-0.2, 0) is 19.0 Å². The molecule has 1 saturated heterocycles. The van der Waals surface area contributed by atoms with E-state index in [4.69, 9.17) is 9.47 Å². The maximum Gasteiger partial charge on any atom is 0.412 e. The van der Waals surface area contributed by atoms with Gasteiger partial charge in [0.05, 0.1) is 7.11 Å². The predicted molar refractivity (Wildman–Crippen MR) is 45.5 cm³/mol. The van der Waals surface area contributed by atoms with Gasteiger partial charge in [-0.05, 0) is 0 Å². The molecular weight excluding hydrogens is 190 g/mol. The van der Waals surface area contributed by atoms with Crippen LogP contribution >= 0.6 is 0 Å². The third-order valence-electron chi connectivity index (χ3n) is 2.00. The summed E-state index contributed by atoms with van der Waals surface area (Å²) in [5, 5.41) is 0. The summed E-state index contributed by atoms with van der Waals surface area (Å²) in [6.45, 7) is 0.354. The highest BCUT2D eigenvalue weighted by Crippen LogP contribution is 2.15. The van der Waals surface area contributed by atoms with Gasteiger partial charge in [-0.2, -0.15) is 0 Å². The molecule has 1 aliphatic rings. The fourth-order valence-corrected chi connectivity index (χ4v) is 1.25. The molecule has 0 aromatic carbocycles. The molecule has 1 rings (SSSR count). The number of hydrogen-bond donors (Lipinski definition) is 0. The standard InChI is InChI=1S/C8H13NO5/c1-12-4-3-6-7(10)14-5-9(6)8(11)13-2/h6H,3-5H2,1-2H3. The molecule has 0 N–H and O–H groups in total. The Morgan fingerprint density at radius 3 is 2.93 bits per heavy atom. The lowest BCUT2D eigenvalue weighted by Crippen LogP contribution is -2.38. The highest BCUT2D eigenvalue weighted by Gasteiger charge is 2.37. The van der Waals surface area contributed by atoms with Crippen molar-refractivity contribution >= 4 is 12.1 Å². The van der Waals surface area contributed by atoms with Gasteiger partial charge in [-0.25, -0.2) is 9.59 Å². The van der Waals surface area contributed by atoms with Gasteiger partial charge in [0, 0.05) is 20.1 Å². The molecule has 6 heteroatoms. The molecule has 0 saturated carbocycles. The first-order valence-electron chi connectivity index (χ1n) is 4.21. The van der Waals surface area contributed by atoms with Crippen molar-refractivity contribution in [2.24, 2.45) is 0 Å². The van der Waals surface area contributed by atoms with Crippen LogP contribution in [0.2, 0.25) is 0 Å². The summed E-state index contributed by atoms with van der Waals surface area (Å²) in [6, 6.07) is -0.581. The van der Waals surface area contributed by atoms with Crippen LogP contribution in [0.15, 0.2) is 0 Å². The SMILES string of the molecule is COCCC1C(=O)OCN1C(=O)OC. The Morgan fingerprint density at radius 1 is 1.64 bits per heavy atom. The van der Waals surface area contributed by atoms with Crippen LogP contribution in [0, 0.1) is 0 Å². The van der Waals surface area contributed by atoms with Gasteiger partial charge in [-0.3, -0.25) is 4.90 Å². The van der Waals surface area contributed by atoms with Crippen molar-refractivity contribution in [2.45, 2.75) is 12.5 Å². The molecule has 0 aliphatic carbocycles. The number of methoxy groups -OCH3 is 2. The zero-order chi connectivity index (χ0) is 10.6. The van der Waals surface area contributed by atoms with Crippen molar-refractivity contribution in [1.82, 2.24) is 4.90 Å². The fraction of sp³-hybridized carbons (Fsp3) is 0.750. The maximum absolute atomic E-state index is 11.2. The third kappa shape index (κ3) is 2.14. The van der Waals surface area contributed by atoms with Gasteiger partial charge < -0.3 is 14.2 Å². The molecular formula is C8H13NO5. The van der Waals surface area contributed by atoms with Gasteiger partial charge in [-0.1, -0.05) is 0 Å². The van der Waals surface area contributed by atoms with E-state index in [2.05, 4.69) is 4.74 Å². The minimum absolute atomic E-state index is 0.0418. The second kappa shape index (κ2) is 4.80. The van der Waals surface area contributed by atoms with E-state index in [1.165, 1.54) is 19.1 Å². The monoisotopic (exact) mass is 203 g/mol. The summed E-state index contributed by atoms with van der Waals surface area (Å²) in [7, 11) is 2.79. The Kier molecular flexibility index (Phi) is 3.70. The molecule has 1 unspecified atom stereocenters. The van der Waals surface area contributed by atoms with Crippen molar-refractivity contribution in [3.63, 3.8) is 0 Å². The number of carbonyl (C=O) groups excluding carboxylic acids is 2. The zero-order valence-electron chi connectivity index (χ0n) is 8.19. The Balaban J connectivity index is 2.57. The van der Waals surface area contributed by atoms with Crippen LogP contribution in [0.4, 0.5) is 4.79 Å². The summed E-state index contributed by atoms with van der Waals surface area (Å²) >= 11 is 0. The molecule has 0 aromatic heterocycles. The second-order valence-corrected chi connectivity index (χ2v) is 2.83. The van der Waals surface area contributed by atoms with Crippen molar-refractivity contribution in [3.05, 3.63) is 0 Å². The molecule has 14 heavy (non-hydrogen) atoms. The molecule has 0 bridgehead atoms. The van der Waals surface area contributed by atoms with Crippen molar-refractivity contribution in [3.8, 4) is 0 Å². The van der Waals surface area contributed by atoms with Gasteiger partial charge in [0.15, 0.2) is 6.73 Å². The highest BCUT2D eigenvalue weighted by atomic mass is 16.6. The number of nitrogens with zero attached hydrogens (tertiary/aromatic N) is 1. The average Bonchev–Trinajstić information content (AvgIpc) is 2.56. The van der Waals surface area contributed by atoms with E-state index in [0.29, 0.717) is 13.0 Å². The third-order valence-corrected chi connectivity index (χ3v) is 2.00. The number of ether oxygens (including phenoxy) is 3. The number of rotatable bonds is 3. The molecule has 1 heterocycles. The van der Waals surface area contributed by atoms with E-state index in [1.54, 1.807) is 0 Å². The molecule has 0 radical (unpaired) electrons.